The van der Waals surface area contributed by atoms with Crippen molar-refractivity contribution in [2.24, 2.45) is 5.92 Å². The smallest absolute Gasteiger partial charge is 0.348 e. The Balaban J connectivity index is 1.94. The lowest BCUT2D eigenvalue weighted by atomic mass is 10.4. The highest BCUT2D eigenvalue weighted by molar-refractivity contribution is 7.17. The van der Waals surface area contributed by atoms with Crippen molar-refractivity contribution in [1.29, 1.82) is 0 Å². The van der Waals surface area contributed by atoms with Crippen molar-refractivity contribution in [2.75, 3.05) is 6.61 Å². The van der Waals surface area contributed by atoms with Crippen LogP contribution >= 0.6 is 11.3 Å². The van der Waals surface area contributed by atoms with Gasteiger partial charge in [-0.3, -0.25) is 10.1 Å². The lowest BCUT2D eigenvalue weighted by Crippen LogP contribution is -2.05. The third kappa shape index (κ3) is 2.53. The summed E-state index contributed by atoms with van der Waals surface area (Å²) in [6.45, 7) is 0.435. The van der Waals surface area contributed by atoms with Crippen molar-refractivity contribution in [3.63, 3.8) is 0 Å². The highest BCUT2D eigenvalue weighted by Gasteiger charge is 2.24. The van der Waals surface area contributed by atoms with Gasteiger partial charge in [-0.25, -0.2) is 4.79 Å². The summed E-state index contributed by atoms with van der Waals surface area (Å²) in [5, 5.41) is 10.3. The first-order valence-electron chi connectivity index (χ1n) is 4.58. The molecule has 0 bridgehead atoms. The van der Waals surface area contributed by atoms with Crippen LogP contribution in [0.1, 0.15) is 22.5 Å². The number of hydrogen-bond donors (Lipinski definition) is 0. The number of nitrogens with zero attached hydrogens (tertiary/aromatic N) is 1. The first-order valence-corrected chi connectivity index (χ1v) is 5.40. The molecule has 1 fully saturated rings. The first kappa shape index (κ1) is 10.1. The number of esters is 1. The van der Waals surface area contributed by atoms with E-state index in [0.29, 0.717) is 17.4 Å². The molecular formula is C9H9NO4S. The molecule has 0 saturated heterocycles. The van der Waals surface area contributed by atoms with Gasteiger partial charge in [-0.15, -0.1) is 0 Å². The van der Waals surface area contributed by atoms with Crippen LogP contribution in [0.2, 0.25) is 0 Å². The van der Waals surface area contributed by atoms with Crippen LogP contribution in [0.5, 0.6) is 0 Å². The molecule has 1 aliphatic rings. The van der Waals surface area contributed by atoms with Crippen LogP contribution in [-0.4, -0.2) is 17.5 Å². The van der Waals surface area contributed by atoms with E-state index < -0.39 is 10.9 Å². The molecule has 15 heavy (non-hydrogen) atoms. The number of carbonyl (C=O) groups is 1. The van der Waals surface area contributed by atoms with Gasteiger partial charge in [0.05, 0.1) is 11.5 Å². The summed E-state index contributed by atoms with van der Waals surface area (Å²) in [6.07, 6.45) is 2.22. The topological polar surface area (TPSA) is 69.4 Å². The summed E-state index contributed by atoms with van der Waals surface area (Å²) in [5.74, 6) is 0.0453. The fourth-order valence-corrected chi connectivity index (χ4v) is 1.80. The maximum absolute atomic E-state index is 11.4. The van der Waals surface area contributed by atoms with E-state index in [1.54, 1.807) is 0 Å². The molecule has 1 aromatic heterocycles. The number of ether oxygens (including phenoxy) is 1. The summed E-state index contributed by atoms with van der Waals surface area (Å²) < 4.78 is 4.99. The molecule has 2 rings (SSSR count). The summed E-state index contributed by atoms with van der Waals surface area (Å²) in [6, 6.07) is 2.75. The maximum Gasteiger partial charge on any atom is 0.348 e. The van der Waals surface area contributed by atoms with E-state index in [-0.39, 0.29) is 5.00 Å². The van der Waals surface area contributed by atoms with Gasteiger partial charge in [0.1, 0.15) is 4.88 Å². The average molecular weight is 227 g/mol. The van der Waals surface area contributed by atoms with E-state index >= 15 is 0 Å². The molecule has 0 radical (unpaired) electrons. The van der Waals surface area contributed by atoms with Gasteiger partial charge in [-0.05, 0) is 24.8 Å². The van der Waals surface area contributed by atoms with Gasteiger partial charge in [0.15, 0.2) is 0 Å². The van der Waals surface area contributed by atoms with Gasteiger partial charge in [0.25, 0.3) is 0 Å². The third-order valence-electron chi connectivity index (χ3n) is 2.12. The molecule has 0 aliphatic heterocycles. The minimum absolute atomic E-state index is 0.0339. The van der Waals surface area contributed by atoms with Crippen molar-refractivity contribution in [1.82, 2.24) is 0 Å². The largest absolute Gasteiger partial charge is 0.461 e. The molecule has 0 atom stereocenters. The number of thiophene rings is 1. The number of rotatable bonds is 4. The minimum Gasteiger partial charge on any atom is -0.461 e. The van der Waals surface area contributed by atoms with Gasteiger partial charge in [-0.2, -0.15) is 0 Å². The standard InChI is InChI=1S/C9H9NO4S/c11-9(14-5-6-1-2-6)7-3-4-8(15-7)10(12)13/h3-4,6H,1-2,5H2. The van der Waals surface area contributed by atoms with Gasteiger partial charge >= 0.3 is 11.0 Å². The summed E-state index contributed by atoms with van der Waals surface area (Å²) in [5.41, 5.74) is 0. The molecule has 1 heterocycles. The quantitative estimate of drug-likeness (QED) is 0.449. The fourth-order valence-electron chi connectivity index (χ4n) is 1.08. The Labute approximate surface area is 89.8 Å². The Morgan fingerprint density at radius 2 is 2.33 bits per heavy atom. The zero-order valence-corrected chi connectivity index (χ0v) is 8.66. The maximum atomic E-state index is 11.4. The van der Waals surface area contributed by atoms with Crippen LogP contribution in [0.15, 0.2) is 12.1 Å². The normalized spacial score (nSPS) is 14.9. The number of nitro groups is 1. The Hall–Kier alpha value is -1.43. The third-order valence-corrected chi connectivity index (χ3v) is 3.14. The molecule has 0 N–H and O–H groups in total. The van der Waals surface area contributed by atoms with Crippen molar-refractivity contribution >= 4 is 22.3 Å². The molecule has 0 unspecified atom stereocenters. The van der Waals surface area contributed by atoms with Gasteiger partial charge in [0.2, 0.25) is 0 Å². The monoisotopic (exact) mass is 227 g/mol. The van der Waals surface area contributed by atoms with Crippen LogP contribution < -0.4 is 0 Å². The van der Waals surface area contributed by atoms with Crippen molar-refractivity contribution < 1.29 is 14.5 Å². The van der Waals surface area contributed by atoms with E-state index in [1.165, 1.54) is 12.1 Å². The Bertz CT molecular complexity index is 397. The average Bonchev–Trinajstić information content (AvgIpc) is 2.88. The van der Waals surface area contributed by atoms with Gasteiger partial charge in [-0.1, -0.05) is 11.3 Å². The molecule has 1 saturated carbocycles. The van der Waals surface area contributed by atoms with Gasteiger partial charge in [0, 0.05) is 6.07 Å². The lowest BCUT2D eigenvalue weighted by Gasteiger charge is -1.99. The molecule has 6 heteroatoms. The van der Waals surface area contributed by atoms with Gasteiger partial charge < -0.3 is 4.74 Å². The SMILES string of the molecule is O=C(OCC1CC1)c1ccc([N+](=O)[O-])s1. The van der Waals surface area contributed by atoms with E-state index in [0.717, 1.165) is 24.2 Å². The Morgan fingerprint density at radius 3 is 2.87 bits per heavy atom. The van der Waals surface area contributed by atoms with Crippen LogP contribution in [0.4, 0.5) is 5.00 Å². The van der Waals surface area contributed by atoms with E-state index in [9.17, 15) is 14.9 Å². The minimum atomic E-state index is -0.512. The lowest BCUT2D eigenvalue weighted by molar-refractivity contribution is -0.380. The molecule has 0 spiro atoms. The number of carbonyl (C=O) groups excluding carboxylic acids is 1. The van der Waals surface area contributed by atoms with E-state index in [4.69, 9.17) is 4.74 Å². The molecule has 1 aromatic rings. The molecule has 5 nitrogen and oxygen atoms in total. The second kappa shape index (κ2) is 3.98. The second-order valence-electron chi connectivity index (χ2n) is 3.44. The second-order valence-corrected chi connectivity index (χ2v) is 4.50. The predicted molar refractivity (Wildman–Crippen MR) is 54.0 cm³/mol. The molecule has 80 valence electrons. The van der Waals surface area contributed by atoms with Crippen LogP contribution in [0.3, 0.4) is 0 Å². The fraction of sp³-hybridized carbons (Fsp3) is 0.444. The summed E-state index contributed by atoms with van der Waals surface area (Å²) in [7, 11) is 0. The molecule has 0 aromatic carbocycles. The Kier molecular flexibility index (Phi) is 2.68. The first-order chi connectivity index (χ1) is 7.16. The number of hydrogen-bond acceptors (Lipinski definition) is 5. The molecule has 1 aliphatic carbocycles. The zero-order valence-electron chi connectivity index (χ0n) is 7.84. The zero-order chi connectivity index (χ0) is 10.8. The van der Waals surface area contributed by atoms with Crippen LogP contribution in [-0.2, 0) is 4.74 Å². The van der Waals surface area contributed by atoms with Crippen LogP contribution in [0, 0.1) is 16.0 Å². The molecule has 0 amide bonds. The van der Waals surface area contributed by atoms with E-state index in [2.05, 4.69) is 0 Å². The molecular weight excluding hydrogens is 218 g/mol. The summed E-state index contributed by atoms with van der Waals surface area (Å²) in [4.78, 5) is 21.5. The van der Waals surface area contributed by atoms with Crippen LogP contribution in [0.25, 0.3) is 0 Å². The highest BCUT2D eigenvalue weighted by Crippen LogP contribution is 2.30. The predicted octanol–water partition coefficient (Wildman–Crippen LogP) is 2.22. The van der Waals surface area contributed by atoms with Crippen molar-refractivity contribution in [2.45, 2.75) is 12.8 Å². The van der Waals surface area contributed by atoms with E-state index in [1.807, 2.05) is 0 Å². The van der Waals surface area contributed by atoms with Crippen molar-refractivity contribution in [3.05, 3.63) is 27.1 Å². The summed E-state index contributed by atoms with van der Waals surface area (Å²) >= 11 is 0.848. The Morgan fingerprint density at radius 1 is 1.60 bits per heavy atom. The van der Waals surface area contributed by atoms with Crippen molar-refractivity contribution in [3.8, 4) is 0 Å². The highest BCUT2D eigenvalue weighted by atomic mass is 32.1.